The third-order valence-electron chi connectivity index (χ3n) is 5.78. The van der Waals surface area contributed by atoms with E-state index in [1.807, 2.05) is 6.20 Å². The number of nitrogens with two attached hydrogens (primary N) is 1. The highest BCUT2D eigenvalue weighted by Crippen LogP contribution is 2.24. The maximum atomic E-state index is 13.6. The Labute approximate surface area is 152 Å². The lowest BCUT2D eigenvalue weighted by atomic mass is 10.00. The summed E-state index contributed by atoms with van der Waals surface area (Å²) in [6, 6.07) is 0.168. The number of rotatable bonds is 3. The number of nitrogens with zero attached hydrogens (tertiary/aromatic N) is 2. The van der Waals surface area contributed by atoms with Gasteiger partial charge in [-0.25, -0.2) is 14.8 Å². The van der Waals surface area contributed by atoms with Crippen molar-refractivity contribution < 1.29 is 9.18 Å². The van der Waals surface area contributed by atoms with Gasteiger partial charge in [0.05, 0.1) is 36.2 Å². The second-order valence-corrected chi connectivity index (χ2v) is 7.50. The molecule has 4 heterocycles. The Hall–Kier alpha value is -1.30. The Balaban J connectivity index is 1.45. The van der Waals surface area contributed by atoms with Crippen LogP contribution in [-0.4, -0.2) is 79.3 Å². The number of amides is 1. The lowest BCUT2D eigenvalue weighted by molar-refractivity contribution is -0.126. The van der Waals surface area contributed by atoms with Crippen molar-refractivity contribution in [3.63, 3.8) is 0 Å². The molecule has 0 spiro atoms. The molecule has 9 nitrogen and oxygen atoms in total. The van der Waals surface area contributed by atoms with Crippen molar-refractivity contribution in [2.24, 2.45) is 11.7 Å². The first-order valence-corrected chi connectivity index (χ1v) is 9.44. The summed E-state index contributed by atoms with van der Waals surface area (Å²) in [5, 5.41) is 14.6. The average Bonchev–Trinajstić information content (AvgIpc) is 3.17. The van der Waals surface area contributed by atoms with Crippen LogP contribution < -0.4 is 32.4 Å². The van der Waals surface area contributed by atoms with Gasteiger partial charge in [-0.15, -0.1) is 0 Å². The maximum absolute atomic E-state index is 13.6. The number of alkyl halides is 1. The van der Waals surface area contributed by atoms with E-state index in [0.717, 1.165) is 31.8 Å². The Morgan fingerprint density at radius 2 is 2.23 bits per heavy atom. The zero-order chi connectivity index (χ0) is 18.3. The fraction of sp³-hybridized carbons (Fsp3) is 0.812. The first kappa shape index (κ1) is 18.1. The van der Waals surface area contributed by atoms with Crippen LogP contribution in [0.15, 0.2) is 11.9 Å². The van der Waals surface area contributed by atoms with Crippen molar-refractivity contribution in [2.75, 3.05) is 32.7 Å². The van der Waals surface area contributed by atoms with E-state index in [2.05, 4.69) is 38.5 Å². The van der Waals surface area contributed by atoms with Crippen molar-refractivity contribution in [2.45, 2.75) is 44.1 Å². The molecular weight excluding hydrogens is 339 g/mol. The van der Waals surface area contributed by atoms with Crippen LogP contribution in [0.3, 0.4) is 0 Å². The second kappa shape index (κ2) is 7.37. The Bertz CT molecular complexity index is 574. The Morgan fingerprint density at radius 1 is 1.38 bits per heavy atom. The summed E-state index contributed by atoms with van der Waals surface area (Å²) in [7, 11) is 0. The van der Waals surface area contributed by atoms with E-state index in [9.17, 15) is 9.18 Å². The molecule has 6 atom stereocenters. The normalized spacial score (nSPS) is 41.4. The molecule has 0 aliphatic carbocycles. The number of hydrazine groups is 1. The van der Waals surface area contributed by atoms with Gasteiger partial charge in [-0.1, -0.05) is 0 Å². The number of hydrogen-bond acceptors (Lipinski definition) is 8. The van der Waals surface area contributed by atoms with Gasteiger partial charge in [0.25, 0.3) is 0 Å². The molecule has 0 aromatic heterocycles. The predicted molar refractivity (Wildman–Crippen MR) is 94.8 cm³/mol. The summed E-state index contributed by atoms with van der Waals surface area (Å²) in [4.78, 5) is 15.4. The summed E-state index contributed by atoms with van der Waals surface area (Å²) in [5.74, 6) is -0.623. The fourth-order valence-corrected chi connectivity index (χ4v) is 4.46. The summed E-state index contributed by atoms with van der Waals surface area (Å²) >= 11 is 0. The number of hydrogen-bond donors (Lipinski definition) is 6. The van der Waals surface area contributed by atoms with Gasteiger partial charge in [0.2, 0.25) is 5.91 Å². The number of nitrogens with one attached hydrogen (secondary N) is 5. The Morgan fingerprint density at radius 3 is 3.00 bits per heavy atom. The van der Waals surface area contributed by atoms with E-state index in [0.29, 0.717) is 0 Å². The minimum Gasteiger partial charge on any atom is -0.389 e. The smallest absolute Gasteiger partial charge is 0.233 e. The quantitative estimate of drug-likeness (QED) is 0.326. The zero-order valence-electron chi connectivity index (χ0n) is 15.0. The minimum absolute atomic E-state index is 0.137. The molecule has 4 aliphatic rings. The van der Waals surface area contributed by atoms with Crippen LogP contribution in [0.4, 0.5) is 4.39 Å². The van der Waals surface area contributed by atoms with Crippen LogP contribution >= 0.6 is 0 Å². The first-order chi connectivity index (χ1) is 12.5. The highest BCUT2D eigenvalue weighted by atomic mass is 19.1. The van der Waals surface area contributed by atoms with E-state index in [-0.39, 0.29) is 37.4 Å². The van der Waals surface area contributed by atoms with Crippen LogP contribution in [0, 0.1) is 5.92 Å². The standard InChI is InChI=1S/C16H29FN8O/c1-9-20-4-5-24(9)12-2-3-19-7-11(12)22-16(26)13-14(18)23-25-8-10(17)6-21-15(13)25/h7,9-10,12-15,19-21,23H,2-6,8,18H2,1H3,(H,22,26). The number of carbonyl (C=O) groups excluding carboxylic acids is 1. The van der Waals surface area contributed by atoms with Crippen LogP contribution in [0.25, 0.3) is 0 Å². The summed E-state index contributed by atoms with van der Waals surface area (Å²) in [6.07, 6.45) is 1.32. The van der Waals surface area contributed by atoms with E-state index in [1.165, 1.54) is 0 Å². The first-order valence-electron chi connectivity index (χ1n) is 9.44. The Kier molecular flexibility index (Phi) is 5.13. The number of fused-ring (bicyclic) bond motifs is 1. The average molecular weight is 368 g/mol. The van der Waals surface area contributed by atoms with Gasteiger partial charge in [0, 0.05) is 38.9 Å². The van der Waals surface area contributed by atoms with Gasteiger partial charge in [-0.2, -0.15) is 0 Å². The van der Waals surface area contributed by atoms with Gasteiger partial charge in [0.15, 0.2) is 0 Å². The molecule has 0 bridgehead atoms. The molecule has 26 heavy (non-hydrogen) atoms. The molecule has 3 fully saturated rings. The van der Waals surface area contributed by atoms with E-state index in [4.69, 9.17) is 5.73 Å². The molecule has 0 aromatic carbocycles. The van der Waals surface area contributed by atoms with Crippen molar-refractivity contribution >= 4 is 5.91 Å². The molecule has 1 amide bonds. The van der Waals surface area contributed by atoms with E-state index < -0.39 is 18.3 Å². The van der Waals surface area contributed by atoms with Crippen molar-refractivity contribution in [3.05, 3.63) is 11.9 Å². The lowest BCUT2D eigenvalue weighted by Crippen LogP contribution is -2.59. The topological polar surface area (TPSA) is 110 Å². The van der Waals surface area contributed by atoms with Crippen LogP contribution in [-0.2, 0) is 4.79 Å². The lowest BCUT2D eigenvalue weighted by Gasteiger charge is -2.36. The highest BCUT2D eigenvalue weighted by molar-refractivity contribution is 5.82. The SMILES string of the molecule is CC1NCCN1C1CCNC=C1NC(=O)C1C(N)NN2CC(F)CNC12. The molecule has 7 N–H and O–H groups in total. The van der Waals surface area contributed by atoms with Crippen molar-refractivity contribution in [1.82, 2.24) is 36.6 Å². The summed E-state index contributed by atoms with van der Waals surface area (Å²) in [6.45, 7) is 5.41. The van der Waals surface area contributed by atoms with Crippen LogP contribution in [0.5, 0.6) is 0 Å². The third-order valence-corrected chi connectivity index (χ3v) is 5.78. The van der Waals surface area contributed by atoms with Gasteiger partial charge >= 0.3 is 0 Å². The maximum Gasteiger partial charge on any atom is 0.233 e. The molecule has 0 aromatic rings. The predicted octanol–water partition coefficient (Wildman–Crippen LogP) is -2.45. The third kappa shape index (κ3) is 3.32. The summed E-state index contributed by atoms with van der Waals surface area (Å²) < 4.78 is 13.6. The van der Waals surface area contributed by atoms with E-state index >= 15 is 0 Å². The molecule has 6 unspecified atom stereocenters. The number of halogens is 1. The molecule has 146 valence electrons. The molecule has 0 radical (unpaired) electrons. The molecule has 4 aliphatic heterocycles. The molecule has 3 saturated heterocycles. The monoisotopic (exact) mass is 368 g/mol. The van der Waals surface area contributed by atoms with Gasteiger partial charge in [-0.3, -0.25) is 15.0 Å². The van der Waals surface area contributed by atoms with Gasteiger partial charge < -0.3 is 21.7 Å². The van der Waals surface area contributed by atoms with E-state index in [1.54, 1.807) is 5.01 Å². The van der Waals surface area contributed by atoms with Crippen molar-refractivity contribution in [1.29, 1.82) is 0 Å². The number of carbonyl (C=O) groups is 1. The van der Waals surface area contributed by atoms with Crippen LogP contribution in [0.1, 0.15) is 13.3 Å². The fourth-order valence-electron chi connectivity index (χ4n) is 4.46. The molecule has 4 rings (SSSR count). The van der Waals surface area contributed by atoms with Crippen molar-refractivity contribution in [3.8, 4) is 0 Å². The largest absolute Gasteiger partial charge is 0.389 e. The molecule has 0 saturated carbocycles. The molecule has 10 heteroatoms. The van der Waals surface area contributed by atoms with Gasteiger partial charge in [-0.05, 0) is 13.3 Å². The minimum atomic E-state index is -0.966. The zero-order valence-corrected chi connectivity index (χ0v) is 15.0. The molecular formula is C16H29FN8O. The van der Waals surface area contributed by atoms with Gasteiger partial charge in [0.1, 0.15) is 6.17 Å². The summed E-state index contributed by atoms with van der Waals surface area (Å²) in [5.41, 5.74) is 10.0. The van der Waals surface area contributed by atoms with Crippen LogP contribution in [0.2, 0.25) is 0 Å². The highest BCUT2D eigenvalue weighted by Gasteiger charge is 2.47. The second-order valence-electron chi connectivity index (χ2n) is 7.50.